The van der Waals surface area contributed by atoms with Gasteiger partial charge in [-0.1, -0.05) is 13.8 Å². The molecule has 0 aromatic heterocycles. The van der Waals surface area contributed by atoms with E-state index in [0.717, 1.165) is 6.04 Å². The van der Waals surface area contributed by atoms with E-state index in [0.29, 0.717) is 0 Å². The van der Waals surface area contributed by atoms with Crippen molar-refractivity contribution >= 4 is 14.3 Å². The van der Waals surface area contributed by atoms with Gasteiger partial charge >= 0.3 is 0 Å². The highest BCUT2D eigenvalue weighted by atomic mass is 28.4. The molecular formula is C7H15O2Si. The molecular weight excluding hydrogens is 144 g/mol. The van der Waals surface area contributed by atoms with Gasteiger partial charge in [0.15, 0.2) is 0 Å². The fourth-order valence-corrected chi connectivity index (χ4v) is 1.21. The first-order chi connectivity index (χ1) is 4.52. The van der Waals surface area contributed by atoms with Gasteiger partial charge in [-0.15, -0.1) is 0 Å². The number of hydrogen-bond donors (Lipinski definition) is 0. The van der Waals surface area contributed by atoms with Crippen LogP contribution in [0.2, 0.25) is 19.1 Å². The molecule has 0 saturated heterocycles. The summed E-state index contributed by atoms with van der Waals surface area (Å²) in [7, 11) is -1.64. The molecule has 0 atom stereocenters. The van der Waals surface area contributed by atoms with Crippen molar-refractivity contribution in [2.45, 2.75) is 33.0 Å². The van der Waals surface area contributed by atoms with E-state index in [1.54, 1.807) is 6.92 Å². The van der Waals surface area contributed by atoms with Crippen LogP contribution in [0.4, 0.5) is 0 Å². The fourth-order valence-electron chi connectivity index (χ4n) is 0.403. The minimum Gasteiger partial charge on any atom is -0.519 e. The Morgan fingerprint density at radius 3 is 2.40 bits per heavy atom. The number of carbonyl (C=O) groups is 1. The number of hydrogen-bond acceptors (Lipinski definition) is 2. The van der Waals surface area contributed by atoms with Crippen molar-refractivity contribution < 1.29 is 9.22 Å². The molecule has 0 saturated carbocycles. The first kappa shape index (κ1) is 9.69. The molecule has 1 radical (unpaired) electrons. The van der Waals surface area contributed by atoms with Gasteiger partial charge < -0.3 is 4.43 Å². The van der Waals surface area contributed by atoms with E-state index >= 15 is 0 Å². The maximum absolute atomic E-state index is 10.7. The maximum Gasteiger partial charge on any atom is 0.296 e. The summed E-state index contributed by atoms with van der Waals surface area (Å²) in [6, 6.07) is 0.979. The Morgan fingerprint density at radius 1 is 1.60 bits per heavy atom. The SMILES string of the molecule is C[CH]C(=O)O[Si](C)(C)CC. The molecule has 3 heteroatoms. The smallest absolute Gasteiger partial charge is 0.296 e. The quantitative estimate of drug-likeness (QED) is 0.589. The topological polar surface area (TPSA) is 26.3 Å². The van der Waals surface area contributed by atoms with Crippen LogP contribution in [0.1, 0.15) is 13.8 Å². The summed E-state index contributed by atoms with van der Waals surface area (Å²) in [6.45, 7) is 7.82. The van der Waals surface area contributed by atoms with Crippen LogP contribution in [-0.4, -0.2) is 14.3 Å². The standard InChI is InChI=1S/C7H15O2Si/c1-5-7(8)9-10(3,4)6-2/h5H,6H2,1-4H3. The van der Waals surface area contributed by atoms with Gasteiger partial charge in [0, 0.05) is 0 Å². The summed E-state index contributed by atoms with van der Waals surface area (Å²) in [4.78, 5) is 10.7. The van der Waals surface area contributed by atoms with Crippen molar-refractivity contribution in [1.29, 1.82) is 0 Å². The normalized spacial score (nSPS) is 11.2. The third-order valence-corrected chi connectivity index (χ3v) is 3.92. The van der Waals surface area contributed by atoms with E-state index in [-0.39, 0.29) is 5.97 Å². The molecule has 0 rings (SSSR count). The lowest BCUT2D eigenvalue weighted by Gasteiger charge is -2.19. The molecule has 0 aliphatic heterocycles. The van der Waals surface area contributed by atoms with Gasteiger partial charge in [0.2, 0.25) is 8.32 Å². The van der Waals surface area contributed by atoms with Crippen LogP contribution in [0, 0.1) is 6.42 Å². The Balaban J connectivity index is 3.76. The average molecular weight is 159 g/mol. The third-order valence-electron chi connectivity index (χ3n) is 1.46. The van der Waals surface area contributed by atoms with Crippen molar-refractivity contribution in [3.05, 3.63) is 6.42 Å². The highest BCUT2D eigenvalue weighted by Gasteiger charge is 2.23. The van der Waals surface area contributed by atoms with E-state index in [1.807, 2.05) is 13.1 Å². The molecule has 0 aromatic carbocycles. The Hall–Kier alpha value is -0.313. The lowest BCUT2D eigenvalue weighted by atomic mass is 10.5. The minimum atomic E-state index is -1.64. The van der Waals surface area contributed by atoms with Crippen LogP contribution in [0.3, 0.4) is 0 Å². The van der Waals surface area contributed by atoms with Crippen LogP contribution >= 0.6 is 0 Å². The Bertz CT molecular complexity index is 121. The summed E-state index contributed by atoms with van der Waals surface area (Å²) >= 11 is 0. The van der Waals surface area contributed by atoms with Crippen molar-refractivity contribution in [3.8, 4) is 0 Å². The summed E-state index contributed by atoms with van der Waals surface area (Å²) in [5, 5.41) is 0. The van der Waals surface area contributed by atoms with Gasteiger partial charge in [0.25, 0.3) is 5.97 Å². The molecule has 0 heterocycles. The molecule has 0 spiro atoms. The van der Waals surface area contributed by atoms with Crippen molar-refractivity contribution in [2.75, 3.05) is 0 Å². The van der Waals surface area contributed by atoms with Crippen LogP contribution in [0.5, 0.6) is 0 Å². The first-order valence-corrected chi connectivity index (χ1v) is 6.65. The molecule has 0 fully saturated rings. The van der Waals surface area contributed by atoms with Crippen LogP contribution < -0.4 is 0 Å². The Kier molecular flexibility index (Phi) is 3.64. The second-order valence-electron chi connectivity index (χ2n) is 2.82. The van der Waals surface area contributed by atoms with Gasteiger partial charge in [0.1, 0.15) is 0 Å². The van der Waals surface area contributed by atoms with Crippen LogP contribution in [0.25, 0.3) is 0 Å². The van der Waals surface area contributed by atoms with Gasteiger partial charge in [-0.2, -0.15) is 0 Å². The lowest BCUT2D eigenvalue weighted by molar-refractivity contribution is -0.131. The van der Waals surface area contributed by atoms with E-state index in [1.165, 1.54) is 6.42 Å². The highest BCUT2D eigenvalue weighted by molar-refractivity contribution is 6.72. The van der Waals surface area contributed by atoms with Crippen LogP contribution in [0.15, 0.2) is 0 Å². The van der Waals surface area contributed by atoms with Gasteiger partial charge in [-0.3, -0.25) is 4.79 Å². The Labute approximate surface area is 63.7 Å². The maximum atomic E-state index is 10.7. The summed E-state index contributed by atoms with van der Waals surface area (Å²) in [5.74, 6) is -0.182. The monoisotopic (exact) mass is 159 g/mol. The molecule has 2 nitrogen and oxygen atoms in total. The zero-order chi connectivity index (χ0) is 8.20. The molecule has 0 N–H and O–H groups in total. The minimum absolute atomic E-state index is 0.182. The first-order valence-electron chi connectivity index (χ1n) is 3.54. The van der Waals surface area contributed by atoms with E-state index in [2.05, 4.69) is 6.92 Å². The van der Waals surface area contributed by atoms with Crippen molar-refractivity contribution in [3.63, 3.8) is 0 Å². The predicted octanol–water partition coefficient (Wildman–Crippen LogP) is 1.98. The van der Waals surface area contributed by atoms with Crippen molar-refractivity contribution in [2.24, 2.45) is 0 Å². The van der Waals surface area contributed by atoms with Crippen molar-refractivity contribution in [1.82, 2.24) is 0 Å². The summed E-state index contributed by atoms with van der Waals surface area (Å²) in [5.41, 5.74) is 0. The van der Waals surface area contributed by atoms with E-state index in [4.69, 9.17) is 4.43 Å². The molecule has 0 amide bonds. The van der Waals surface area contributed by atoms with E-state index in [9.17, 15) is 4.79 Å². The highest BCUT2D eigenvalue weighted by Crippen LogP contribution is 2.10. The zero-order valence-corrected chi connectivity index (χ0v) is 8.10. The molecule has 0 bridgehead atoms. The lowest BCUT2D eigenvalue weighted by Crippen LogP contribution is -2.32. The molecule has 0 aliphatic rings. The molecule has 0 aromatic rings. The van der Waals surface area contributed by atoms with Crippen LogP contribution in [-0.2, 0) is 9.22 Å². The second-order valence-corrected chi connectivity index (χ2v) is 7.25. The Morgan fingerprint density at radius 2 is 2.10 bits per heavy atom. The van der Waals surface area contributed by atoms with Gasteiger partial charge in [0.05, 0.1) is 6.42 Å². The van der Waals surface area contributed by atoms with E-state index < -0.39 is 8.32 Å². The third kappa shape index (κ3) is 3.66. The molecule has 10 heavy (non-hydrogen) atoms. The summed E-state index contributed by atoms with van der Waals surface area (Å²) < 4.78 is 5.18. The second kappa shape index (κ2) is 3.76. The van der Waals surface area contributed by atoms with Gasteiger partial charge in [-0.25, -0.2) is 0 Å². The number of carbonyl (C=O) groups excluding carboxylic acids is 1. The number of rotatable bonds is 3. The summed E-state index contributed by atoms with van der Waals surface area (Å²) in [6.07, 6.45) is 1.46. The average Bonchev–Trinajstić information content (AvgIpc) is 1.87. The molecule has 0 unspecified atom stereocenters. The zero-order valence-electron chi connectivity index (χ0n) is 7.10. The molecule has 0 aliphatic carbocycles. The fraction of sp³-hybridized carbons (Fsp3) is 0.714. The molecule has 59 valence electrons. The largest absolute Gasteiger partial charge is 0.519 e. The predicted molar refractivity (Wildman–Crippen MR) is 44.0 cm³/mol. The van der Waals surface area contributed by atoms with Gasteiger partial charge in [-0.05, 0) is 19.1 Å².